The van der Waals surface area contributed by atoms with Gasteiger partial charge in [-0.3, -0.25) is 4.79 Å². The number of anilines is 1. The van der Waals surface area contributed by atoms with Gasteiger partial charge >= 0.3 is 6.18 Å². The first kappa shape index (κ1) is 25.5. The molecule has 0 bridgehead atoms. The lowest BCUT2D eigenvalue weighted by Gasteiger charge is -2.18. The Hall–Kier alpha value is -3.11. The fourth-order valence-corrected chi connectivity index (χ4v) is 5.35. The summed E-state index contributed by atoms with van der Waals surface area (Å²) < 4.78 is 68.4. The number of sulfonamides is 1. The molecule has 34 heavy (non-hydrogen) atoms. The van der Waals surface area contributed by atoms with E-state index < -0.39 is 27.7 Å². The number of halogens is 3. The van der Waals surface area contributed by atoms with Crippen LogP contribution < -0.4 is 5.32 Å². The molecule has 3 aromatic rings. The molecule has 0 aliphatic heterocycles. The number of hydrogen-bond acceptors (Lipinski definition) is 3. The number of aromatic nitrogens is 1. The van der Waals surface area contributed by atoms with Crippen LogP contribution in [0.1, 0.15) is 41.0 Å². The highest BCUT2D eigenvalue weighted by Gasteiger charge is 2.34. The van der Waals surface area contributed by atoms with E-state index in [1.54, 1.807) is 27.7 Å². The zero-order valence-corrected chi connectivity index (χ0v) is 20.1. The van der Waals surface area contributed by atoms with Crippen LogP contribution in [0, 0.1) is 13.8 Å². The monoisotopic (exact) mass is 493 g/mol. The highest BCUT2D eigenvalue weighted by Crippen LogP contribution is 2.35. The van der Waals surface area contributed by atoms with Gasteiger partial charge in [0.25, 0.3) is 5.91 Å². The van der Waals surface area contributed by atoms with Crippen LogP contribution in [0.3, 0.4) is 0 Å². The smallest absolute Gasteiger partial charge is 0.322 e. The minimum atomic E-state index is -4.54. The van der Waals surface area contributed by atoms with Crippen LogP contribution in [0.5, 0.6) is 0 Å². The van der Waals surface area contributed by atoms with E-state index in [1.807, 2.05) is 0 Å². The standard InChI is InChI=1S/C24H26F3N3O3S/c1-5-29(6-2)34(32,33)19-13-11-18(12-14-19)28-23(31)22-16(3)15-30(17(22)4)21-10-8-7-9-20(21)24(25,26)27/h7-15H,5-6H2,1-4H3,(H,28,31). The molecule has 0 saturated carbocycles. The number of nitrogens with one attached hydrogen (secondary N) is 1. The summed E-state index contributed by atoms with van der Waals surface area (Å²) in [6, 6.07) is 11.0. The van der Waals surface area contributed by atoms with Crippen LogP contribution >= 0.6 is 0 Å². The molecular formula is C24H26F3N3O3S. The number of amides is 1. The first-order valence-corrected chi connectivity index (χ1v) is 12.1. The van der Waals surface area contributed by atoms with Crippen molar-refractivity contribution in [3.05, 3.63) is 77.1 Å². The normalized spacial score (nSPS) is 12.2. The van der Waals surface area contributed by atoms with Gasteiger partial charge in [-0.1, -0.05) is 26.0 Å². The Bertz CT molecular complexity index is 1290. The molecule has 0 fully saturated rings. The van der Waals surface area contributed by atoms with E-state index >= 15 is 0 Å². The molecule has 1 N–H and O–H groups in total. The number of alkyl halides is 3. The summed E-state index contributed by atoms with van der Waals surface area (Å²) in [7, 11) is -3.63. The molecule has 6 nitrogen and oxygen atoms in total. The summed E-state index contributed by atoms with van der Waals surface area (Å²) in [6.07, 6.45) is -3.05. The predicted molar refractivity (Wildman–Crippen MR) is 125 cm³/mol. The van der Waals surface area contributed by atoms with Crippen molar-refractivity contribution in [2.24, 2.45) is 0 Å². The van der Waals surface area contributed by atoms with E-state index in [0.29, 0.717) is 30.0 Å². The van der Waals surface area contributed by atoms with Crippen LogP contribution in [0.25, 0.3) is 5.69 Å². The van der Waals surface area contributed by atoms with E-state index in [-0.39, 0.29) is 16.1 Å². The number of nitrogens with zero attached hydrogens (tertiary/aromatic N) is 2. The Balaban J connectivity index is 1.90. The summed E-state index contributed by atoms with van der Waals surface area (Å²) in [5.74, 6) is -0.502. The van der Waals surface area contributed by atoms with Crippen LogP contribution in [-0.4, -0.2) is 36.3 Å². The molecule has 10 heteroatoms. The second-order valence-corrected chi connectivity index (χ2v) is 9.66. The minimum Gasteiger partial charge on any atom is -0.322 e. The third-order valence-corrected chi connectivity index (χ3v) is 7.66. The summed E-state index contributed by atoms with van der Waals surface area (Å²) >= 11 is 0. The van der Waals surface area contributed by atoms with Crippen molar-refractivity contribution in [2.45, 2.75) is 38.8 Å². The third-order valence-electron chi connectivity index (χ3n) is 5.59. The van der Waals surface area contributed by atoms with Gasteiger partial charge in [-0.15, -0.1) is 0 Å². The van der Waals surface area contributed by atoms with Crippen molar-refractivity contribution in [1.82, 2.24) is 8.87 Å². The van der Waals surface area contributed by atoms with Crippen molar-refractivity contribution in [2.75, 3.05) is 18.4 Å². The Kier molecular flexibility index (Phi) is 7.23. The summed E-state index contributed by atoms with van der Waals surface area (Å²) in [5.41, 5.74) is 0.605. The molecular weight excluding hydrogens is 467 g/mol. The van der Waals surface area contributed by atoms with E-state index in [4.69, 9.17) is 0 Å². The van der Waals surface area contributed by atoms with E-state index in [1.165, 1.54) is 57.5 Å². The van der Waals surface area contributed by atoms with Crippen LogP contribution in [0.2, 0.25) is 0 Å². The number of benzene rings is 2. The summed E-state index contributed by atoms with van der Waals surface area (Å²) in [6.45, 7) is 7.40. The Morgan fingerprint density at radius 3 is 2.15 bits per heavy atom. The fourth-order valence-electron chi connectivity index (χ4n) is 3.89. The van der Waals surface area contributed by atoms with Crippen molar-refractivity contribution in [3.8, 4) is 5.69 Å². The van der Waals surface area contributed by atoms with Crippen molar-refractivity contribution >= 4 is 21.6 Å². The molecule has 0 saturated heterocycles. The Morgan fingerprint density at radius 1 is 1.00 bits per heavy atom. The van der Waals surface area contributed by atoms with E-state index in [9.17, 15) is 26.4 Å². The molecule has 1 heterocycles. The average Bonchev–Trinajstić information content (AvgIpc) is 3.08. The van der Waals surface area contributed by atoms with E-state index in [2.05, 4.69) is 5.32 Å². The first-order chi connectivity index (χ1) is 15.9. The fraction of sp³-hybridized carbons (Fsp3) is 0.292. The lowest BCUT2D eigenvalue weighted by molar-refractivity contribution is -0.137. The lowest BCUT2D eigenvalue weighted by Crippen LogP contribution is -2.30. The minimum absolute atomic E-state index is 0.0689. The van der Waals surface area contributed by atoms with Gasteiger partial charge < -0.3 is 9.88 Å². The molecule has 0 radical (unpaired) electrons. The summed E-state index contributed by atoms with van der Waals surface area (Å²) in [5, 5.41) is 2.70. The molecule has 0 aliphatic carbocycles. The third kappa shape index (κ3) is 4.88. The zero-order valence-electron chi connectivity index (χ0n) is 19.3. The first-order valence-electron chi connectivity index (χ1n) is 10.7. The SMILES string of the molecule is CCN(CC)S(=O)(=O)c1ccc(NC(=O)c2c(C)cn(-c3ccccc3C(F)(F)F)c2C)cc1. The number of para-hydroxylation sites is 1. The van der Waals surface area contributed by atoms with Gasteiger partial charge in [0.15, 0.2) is 0 Å². The predicted octanol–water partition coefficient (Wildman–Crippen LogP) is 5.40. The average molecular weight is 494 g/mol. The molecule has 0 spiro atoms. The topological polar surface area (TPSA) is 71.4 Å². The van der Waals surface area contributed by atoms with E-state index in [0.717, 1.165) is 6.07 Å². The zero-order chi connectivity index (χ0) is 25.3. The Labute approximate surface area is 197 Å². The molecule has 3 rings (SSSR count). The van der Waals surface area contributed by atoms with Gasteiger partial charge in [-0.05, 0) is 55.8 Å². The van der Waals surface area contributed by atoms with Gasteiger partial charge in [-0.2, -0.15) is 17.5 Å². The van der Waals surface area contributed by atoms with Gasteiger partial charge in [0.1, 0.15) is 0 Å². The number of carbonyl (C=O) groups excluding carboxylic acids is 1. The molecule has 2 aromatic carbocycles. The van der Waals surface area contributed by atoms with Gasteiger partial charge in [0.2, 0.25) is 10.0 Å². The molecule has 0 aliphatic rings. The van der Waals surface area contributed by atoms with Crippen LogP contribution in [-0.2, 0) is 16.2 Å². The number of aryl methyl sites for hydroxylation is 1. The quantitative estimate of drug-likeness (QED) is 0.479. The number of hydrogen-bond donors (Lipinski definition) is 1. The molecule has 0 unspecified atom stereocenters. The molecule has 0 atom stereocenters. The van der Waals surface area contributed by atoms with Gasteiger partial charge in [0, 0.05) is 30.7 Å². The second-order valence-electron chi connectivity index (χ2n) is 7.73. The van der Waals surface area contributed by atoms with Gasteiger partial charge in [0.05, 0.1) is 21.7 Å². The number of rotatable bonds is 7. The molecule has 1 amide bonds. The highest BCUT2D eigenvalue weighted by molar-refractivity contribution is 7.89. The van der Waals surface area contributed by atoms with Crippen LogP contribution in [0.15, 0.2) is 59.6 Å². The van der Waals surface area contributed by atoms with Crippen LogP contribution in [0.4, 0.5) is 18.9 Å². The maximum absolute atomic E-state index is 13.5. The summed E-state index contributed by atoms with van der Waals surface area (Å²) in [4.78, 5) is 13.1. The Morgan fingerprint density at radius 2 is 1.59 bits per heavy atom. The maximum atomic E-state index is 13.5. The van der Waals surface area contributed by atoms with Crippen molar-refractivity contribution in [1.29, 1.82) is 0 Å². The number of carbonyl (C=O) groups is 1. The second kappa shape index (κ2) is 9.63. The highest BCUT2D eigenvalue weighted by atomic mass is 32.2. The maximum Gasteiger partial charge on any atom is 0.418 e. The largest absolute Gasteiger partial charge is 0.418 e. The molecule has 1 aromatic heterocycles. The van der Waals surface area contributed by atoms with Crippen molar-refractivity contribution in [3.63, 3.8) is 0 Å². The lowest BCUT2D eigenvalue weighted by atomic mass is 10.1. The molecule has 182 valence electrons. The van der Waals surface area contributed by atoms with Gasteiger partial charge in [-0.25, -0.2) is 8.42 Å². The van der Waals surface area contributed by atoms with Crippen molar-refractivity contribution < 1.29 is 26.4 Å².